The van der Waals surface area contributed by atoms with Crippen molar-refractivity contribution >= 4 is 11.7 Å². The number of phenolic OH excluding ortho intramolecular Hbond substituents is 1. The van der Waals surface area contributed by atoms with E-state index in [0.29, 0.717) is 12.0 Å². The van der Waals surface area contributed by atoms with Gasteiger partial charge in [-0.15, -0.1) is 0 Å². The second kappa shape index (κ2) is 6.64. The molecule has 0 heterocycles. The van der Waals surface area contributed by atoms with Crippen molar-refractivity contribution < 1.29 is 14.6 Å². The number of nitrogens with two attached hydrogens (primary N) is 1. The zero-order valence-electron chi connectivity index (χ0n) is 12.2. The SMILES string of the molecule is CCOC(=O)c1cc(C#N)c(N)c(Cc2ccccc2)c1O. The van der Waals surface area contributed by atoms with E-state index >= 15 is 0 Å². The molecule has 0 aliphatic heterocycles. The Balaban J connectivity index is 2.54. The van der Waals surface area contributed by atoms with Crippen molar-refractivity contribution in [2.24, 2.45) is 0 Å². The third-order valence-electron chi connectivity index (χ3n) is 3.28. The van der Waals surface area contributed by atoms with Crippen LogP contribution in [0.2, 0.25) is 0 Å². The average Bonchev–Trinajstić information content (AvgIpc) is 2.53. The monoisotopic (exact) mass is 296 g/mol. The van der Waals surface area contributed by atoms with Gasteiger partial charge in [0.1, 0.15) is 17.4 Å². The first-order valence-corrected chi connectivity index (χ1v) is 6.84. The molecule has 5 nitrogen and oxygen atoms in total. The first-order valence-electron chi connectivity index (χ1n) is 6.84. The highest BCUT2D eigenvalue weighted by molar-refractivity contribution is 5.95. The summed E-state index contributed by atoms with van der Waals surface area (Å²) in [4.78, 5) is 11.9. The van der Waals surface area contributed by atoms with Gasteiger partial charge in [-0.25, -0.2) is 4.79 Å². The predicted octanol–water partition coefficient (Wildman–Crippen LogP) is 2.61. The van der Waals surface area contributed by atoms with Crippen LogP contribution in [0.5, 0.6) is 5.75 Å². The van der Waals surface area contributed by atoms with Crippen molar-refractivity contribution in [2.45, 2.75) is 13.3 Å². The van der Waals surface area contributed by atoms with Crippen molar-refractivity contribution in [1.29, 1.82) is 5.26 Å². The molecule has 0 atom stereocenters. The summed E-state index contributed by atoms with van der Waals surface area (Å²) in [6, 6.07) is 12.6. The summed E-state index contributed by atoms with van der Waals surface area (Å²) in [5.74, 6) is -0.912. The molecule has 0 radical (unpaired) electrons. The molecule has 0 bridgehead atoms. The summed E-state index contributed by atoms with van der Waals surface area (Å²) in [6.45, 7) is 1.85. The number of benzene rings is 2. The number of hydrogen-bond acceptors (Lipinski definition) is 5. The minimum atomic E-state index is -0.675. The first kappa shape index (κ1) is 15.4. The lowest BCUT2D eigenvalue weighted by atomic mass is 9.96. The van der Waals surface area contributed by atoms with Crippen LogP contribution in [-0.4, -0.2) is 17.7 Å². The van der Waals surface area contributed by atoms with Crippen molar-refractivity contribution in [3.05, 3.63) is 58.7 Å². The molecule has 0 amide bonds. The quantitative estimate of drug-likeness (QED) is 0.667. The van der Waals surface area contributed by atoms with Gasteiger partial charge in [0.15, 0.2) is 0 Å². The number of rotatable bonds is 4. The Morgan fingerprint density at radius 1 is 1.36 bits per heavy atom. The van der Waals surface area contributed by atoms with Gasteiger partial charge >= 0.3 is 5.97 Å². The molecule has 22 heavy (non-hydrogen) atoms. The highest BCUT2D eigenvalue weighted by Crippen LogP contribution is 2.33. The molecule has 2 aromatic carbocycles. The molecule has 0 unspecified atom stereocenters. The molecule has 2 rings (SSSR count). The number of esters is 1. The maximum atomic E-state index is 11.9. The van der Waals surface area contributed by atoms with E-state index in [-0.39, 0.29) is 29.2 Å². The summed E-state index contributed by atoms with van der Waals surface area (Å²) in [5, 5.41) is 19.5. The number of aromatic hydroxyl groups is 1. The number of carbonyl (C=O) groups is 1. The van der Waals surface area contributed by atoms with Crippen LogP contribution >= 0.6 is 0 Å². The van der Waals surface area contributed by atoms with Crippen LogP contribution in [0.15, 0.2) is 36.4 Å². The van der Waals surface area contributed by atoms with Crippen LogP contribution < -0.4 is 5.73 Å². The number of nitrogens with zero attached hydrogens (tertiary/aromatic N) is 1. The van der Waals surface area contributed by atoms with Gasteiger partial charge in [0.25, 0.3) is 0 Å². The summed E-state index contributed by atoms with van der Waals surface area (Å²) in [7, 11) is 0. The highest BCUT2D eigenvalue weighted by Gasteiger charge is 2.21. The lowest BCUT2D eigenvalue weighted by molar-refractivity contribution is 0.0523. The molecule has 0 aliphatic rings. The third kappa shape index (κ3) is 3.01. The Labute approximate surface area is 128 Å². The molecule has 112 valence electrons. The number of anilines is 1. The van der Waals surface area contributed by atoms with E-state index in [1.54, 1.807) is 6.92 Å². The Morgan fingerprint density at radius 2 is 2.05 bits per heavy atom. The van der Waals surface area contributed by atoms with Crippen LogP contribution in [0.4, 0.5) is 5.69 Å². The molecule has 0 saturated carbocycles. The van der Waals surface area contributed by atoms with Crippen LogP contribution in [0.3, 0.4) is 0 Å². The number of carbonyl (C=O) groups excluding carboxylic acids is 1. The van der Waals surface area contributed by atoms with Crippen molar-refractivity contribution in [3.8, 4) is 11.8 Å². The Morgan fingerprint density at radius 3 is 2.64 bits per heavy atom. The first-order chi connectivity index (χ1) is 10.6. The average molecular weight is 296 g/mol. The second-order valence-electron chi connectivity index (χ2n) is 4.71. The van der Waals surface area contributed by atoms with E-state index in [4.69, 9.17) is 10.5 Å². The predicted molar refractivity (Wildman–Crippen MR) is 82.4 cm³/mol. The highest BCUT2D eigenvalue weighted by atomic mass is 16.5. The number of hydrogen-bond donors (Lipinski definition) is 2. The van der Waals surface area contributed by atoms with E-state index in [1.165, 1.54) is 6.07 Å². The van der Waals surface area contributed by atoms with E-state index in [2.05, 4.69) is 0 Å². The summed E-state index contributed by atoms with van der Waals surface area (Å²) in [6.07, 6.45) is 0.320. The number of ether oxygens (including phenoxy) is 1. The number of nitrogen functional groups attached to an aromatic ring is 1. The van der Waals surface area contributed by atoms with Gasteiger partial charge in [-0.05, 0) is 18.6 Å². The molecule has 0 saturated heterocycles. The maximum absolute atomic E-state index is 11.9. The van der Waals surface area contributed by atoms with Gasteiger partial charge in [0, 0.05) is 12.0 Å². The fraction of sp³-hybridized carbons (Fsp3) is 0.176. The zero-order chi connectivity index (χ0) is 16.1. The van der Waals surface area contributed by atoms with Gasteiger partial charge in [-0.3, -0.25) is 0 Å². The van der Waals surface area contributed by atoms with Crippen LogP contribution in [-0.2, 0) is 11.2 Å². The van der Waals surface area contributed by atoms with E-state index < -0.39 is 5.97 Å². The Hall–Kier alpha value is -3.00. The molecule has 2 aromatic rings. The Kier molecular flexibility index (Phi) is 4.64. The van der Waals surface area contributed by atoms with Crippen molar-refractivity contribution in [1.82, 2.24) is 0 Å². The van der Waals surface area contributed by atoms with Crippen LogP contribution in [0.1, 0.15) is 34.0 Å². The second-order valence-corrected chi connectivity index (χ2v) is 4.71. The lowest BCUT2D eigenvalue weighted by Crippen LogP contribution is -2.09. The summed E-state index contributed by atoms with van der Waals surface area (Å²) >= 11 is 0. The molecule has 0 fully saturated rings. The van der Waals surface area contributed by atoms with E-state index in [1.807, 2.05) is 36.4 Å². The van der Waals surface area contributed by atoms with Gasteiger partial charge in [-0.2, -0.15) is 5.26 Å². The Bertz CT molecular complexity index is 734. The van der Waals surface area contributed by atoms with Crippen molar-refractivity contribution in [3.63, 3.8) is 0 Å². The van der Waals surface area contributed by atoms with Gasteiger partial charge < -0.3 is 15.6 Å². The van der Waals surface area contributed by atoms with E-state index in [9.17, 15) is 15.2 Å². The summed E-state index contributed by atoms with van der Waals surface area (Å²) < 4.78 is 4.90. The third-order valence-corrected chi connectivity index (χ3v) is 3.28. The molecular weight excluding hydrogens is 280 g/mol. The number of nitriles is 1. The van der Waals surface area contributed by atoms with Crippen LogP contribution in [0, 0.1) is 11.3 Å². The number of phenols is 1. The van der Waals surface area contributed by atoms with Crippen molar-refractivity contribution in [2.75, 3.05) is 12.3 Å². The molecule has 5 heteroatoms. The standard InChI is InChI=1S/C17H16N2O3/c1-2-22-17(21)14-9-12(10-18)15(19)13(16(14)20)8-11-6-4-3-5-7-11/h3-7,9,20H,2,8,19H2,1H3. The van der Waals surface area contributed by atoms with Gasteiger partial charge in [-0.1, -0.05) is 30.3 Å². The lowest BCUT2D eigenvalue weighted by Gasteiger charge is -2.13. The smallest absolute Gasteiger partial charge is 0.341 e. The molecule has 0 aromatic heterocycles. The van der Waals surface area contributed by atoms with E-state index in [0.717, 1.165) is 5.56 Å². The largest absolute Gasteiger partial charge is 0.507 e. The molecular formula is C17H16N2O3. The van der Waals surface area contributed by atoms with Gasteiger partial charge in [0.05, 0.1) is 17.9 Å². The van der Waals surface area contributed by atoms with Crippen LogP contribution in [0.25, 0.3) is 0 Å². The maximum Gasteiger partial charge on any atom is 0.341 e. The molecule has 0 spiro atoms. The molecule has 0 aliphatic carbocycles. The summed E-state index contributed by atoms with van der Waals surface area (Å²) in [5.41, 5.74) is 7.50. The zero-order valence-corrected chi connectivity index (χ0v) is 12.2. The minimum absolute atomic E-state index is 0.0430. The normalized spacial score (nSPS) is 10.0. The topological polar surface area (TPSA) is 96.3 Å². The fourth-order valence-electron chi connectivity index (χ4n) is 2.18. The minimum Gasteiger partial charge on any atom is -0.507 e. The van der Waals surface area contributed by atoms with Gasteiger partial charge in [0.2, 0.25) is 0 Å². The molecule has 3 N–H and O–H groups in total. The fourth-order valence-corrected chi connectivity index (χ4v) is 2.18.